The molecule has 1 aromatic heterocycles. The number of carbonyl (C=O) groups excluding carboxylic acids is 2. The van der Waals surface area contributed by atoms with E-state index < -0.39 is 12.1 Å². The SMILES string of the molecule is O=C(/C=C/c1ccc(N2CCCC2=O)cc1)OC(c1ccccc1)c1ccccn1. The quantitative estimate of drug-likeness (QED) is 0.451. The van der Waals surface area contributed by atoms with Crippen molar-refractivity contribution in [2.45, 2.75) is 18.9 Å². The minimum absolute atomic E-state index is 0.156. The zero-order valence-corrected chi connectivity index (χ0v) is 16.5. The Hall–Kier alpha value is -3.73. The number of pyridine rings is 1. The summed E-state index contributed by atoms with van der Waals surface area (Å²) >= 11 is 0. The molecule has 0 radical (unpaired) electrons. The average molecular weight is 398 g/mol. The van der Waals surface area contributed by atoms with E-state index in [1.54, 1.807) is 17.2 Å². The Morgan fingerprint density at radius 1 is 1.00 bits per heavy atom. The topological polar surface area (TPSA) is 59.5 Å². The van der Waals surface area contributed by atoms with Crippen molar-refractivity contribution in [3.63, 3.8) is 0 Å². The van der Waals surface area contributed by atoms with Gasteiger partial charge in [-0.05, 0) is 47.9 Å². The monoisotopic (exact) mass is 398 g/mol. The lowest BCUT2D eigenvalue weighted by Gasteiger charge is -2.17. The predicted octanol–water partition coefficient (Wildman–Crippen LogP) is 4.55. The van der Waals surface area contributed by atoms with Crippen LogP contribution in [0.4, 0.5) is 5.69 Å². The zero-order chi connectivity index (χ0) is 20.8. The predicted molar refractivity (Wildman–Crippen MR) is 116 cm³/mol. The molecule has 0 aliphatic carbocycles. The molecule has 0 saturated carbocycles. The number of anilines is 1. The van der Waals surface area contributed by atoms with Gasteiger partial charge in [-0.3, -0.25) is 9.78 Å². The van der Waals surface area contributed by atoms with Crippen LogP contribution in [0.5, 0.6) is 0 Å². The largest absolute Gasteiger partial charge is 0.448 e. The lowest BCUT2D eigenvalue weighted by Crippen LogP contribution is -2.23. The summed E-state index contributed by atoms with van der Waals surface area (Å²) in [6, 6.07) is 22.7. The molecule has 1 aliphatic rings. The Bertz CT molecular complexity index is 992. The lowest BCUT2D eigenvalue weighted by atomic mass is 10.1. The molecule has 0 bridgehead atoms. The number of hydrogen-bond acceptors (Lipinski definition) is 4. The van der Waals surface area contributed by atoms with Gasteiger partial charge in [0.25, 0.3) is 0 Å². The summed E-state index contributed by atoms with van der Waals surface area (Å²) in [4.78, 5) is 30.5. The summed E-state index contributed by atoms with van der Waals surface area (Å²) in [5.74, 6) is -0.295. The second-order valence-electron chi connectivity index (χ2n) is 7.06. The number of benzene rings is 2. The number of esters is 1. The lowest BCUT2D eigenvalue weighted by molar-refractivity contribution is -0.141. The summed E-state index contributed by atoms with van der Waals surface area (Å²) in [6.45, 7) is 0.759. The van der Waals surface area contributed by atoms with Gasteiger partial charge >= 0.3 is 5.97 Å². The van der Waals surface area contributed by atoms with Crippen LogP contribution in [0.2, 0.25) is 0 Å². The minimum Gasteiger partial charge on any atom is -0.448 e. The van der Waals surface area contributed by atoms with E-state index >= 15 is 0 Å². The van der Waals surface area contributed by atoms with Crippen molar-refractivity contribution in [3.05, 3.63) is 102 Å². The Kier molecular flexibility index (Phi) is 5.99. The van der Waals surface area contributed by atoms with Crippen LogP contribution in [0.25, 0.3) is 6.08 Å². The maximum Gasteiger partial charge on any atom is 0.331 e. The molecule has 1 aliphatic heterocycles. The normalized spacial score (nSPS) is 14.8. The molecule has 3 aromatic rings. The summed E-state index contributed by atoms with van der Waals surface area (Å²) in [6.07, 6.45) is 5.72. The highest BCUT2D eigenvalue weighted by atomic mass is 16.5. The molecule has 150 valence electrons. The van der Waals surface area contributed by atoms with Gasteiger partial charge in [-0.15, -0.1) is 0 Å². The number of hydrogen-bond donors (Lipinski definition) is 0. The van der Waals surface area contributed by atoms with E-state index in [1.165, 1.54) is 6.08 Å². The Balaban J connectivity index is 1.45. The van der Waals surface area contributed by atoms with E-state index in [9.17, 15) is 9.59 Å². The molecule has 1 unspecified atom stereocenters. The maximum absolute atomic E-state index is 12.5. The first-order valence-electron chi connectivity index (χ1n) is 9.96. The molecule has 2 aromatic carbocycles. The van der Waals surface area contributed by atoms with Crippen molar-refractivity contribution in [2.75, 3.05) is 11.4 Å². The van der Waals surface area contributed by atoms with Crippen molar-refractivity contribution < 1.29 is 14.3 Å². The van der Waals surface area contributed by atoms with Gasteiger partial charge in [0.05, 0.1) is 5.69 Å². The molecule has 5 nitrogen and oxygen atoms in total. The third kappa shape index (κ3) is 4.63. The van der Waals surface area contributed by atoms with E-state index in [0.717, 1.165) is 29.8 Å². The van der Waals surface area contributed by atoms with Crippen molar-refractivity contribution in [1.29, 1.82) is 0 Å². The molecule has 1 fully saturated rings. The van der Waals surface area contributed by atoms with Gasteiger partial charge in [0.2, 0.25) is 5.91 Å². The highest BCUT2D eigenvalue weighted by Gasteiger charge is 2.21. The first-order valence-corrected chi connectivity index (χ1v) is 9.96. The minimum atomic E-state index is -0.576. The van der Waals surface area contributed by atoms with Crippen molar-refractivity contribution >= 4 is 23.6 Å². The van der Waals surface area contributed by atoms with Crippen molar-refractivity contribution in [2.24, 2.45) is 0 Å². The summed E-state index contributed by atoms with van der Waals surface area (Å²) < 4.78 is 5.72. The van der Waals surface area contributed by atoms with Crippen LogP contribution in [0.3, 0.4) is 0 Å². The molecule has 1 amide bonds. The van der Waals surface area contributed by atoms with Gasteiger partial charge in [0.1, 0.15) is 0 Å². The first kappa shape index (κ1) is 19.6. The summed E-state index contributed by atoms with van der Waals surface area (Å²) in [5.41, 5.74) is 3.27. The number of ether oxygens (including phenoxy) is 1. The van der Waals surface area contributed by atoms with Crippen LogP contribution >= 0.6 is 0 Å². The van der Waals surface area contributed by atoms with Gasteiger partial charge in [0.15, 0.2) is 6.10 Å². The molecule has 1 atom stereocenters. The smallest absolute Gasteiger partial charge is 0.331 e. The highest BCUT2D eigenvalue weighted by molar-refractivity contribution is 5.95. The van der Waals surface area contributed by atoms with E-state index in [4.69, 9.17) is 4.74 Å². The second kappa shape index (κ2) is 9.18. The number of aromatic nitrogens is 1. The van der Waals surface area contributed by atoms with Crippen molar-refractivity contribution in [3.8, 4) is 0 Å². The fraction of sp³-hybridized carbons (Fsp3) is 0.160. The van der Waals surface area contributed by atoms with E-state index in [0.29, 0.717) is 12.1 Å². The average Bonchev–Trinajstić information content (AvgIpc) is 3.23. The number of amides is 1. The van der Waals surface area contributed by atoms with Gasteiger partial charge in [-0.25, -0.2) is 4.79 Å². The van der Waals surface area contributed by atoms with Crippen LogP contribution in [0.15, 0.2) is 85.1 Å². The molecule has 1 saturated heterocycles. The van der Waals surface area contributed by atoms with Crippen LogP contribution in [-0.2, 0) is 14.3 Å². The standard InChI is InChI=1S/C25H22N2O3/c28-23-10-6-18-27(23)21-14-11-19(12-15-21)13-16-24(29)30-25(20-7-2-1-3-8-20)22-9-4-5-17-26-22/h1-5,7-9,11-17,25H,6,10,18H2/b16-13+. The fourth-order valence-corrected chi connectivity index (χ4v) is 3.46. The Morgan fingerprint density at radius 2 is 1.77 bits per heavy atom. The number of rotatable bonds is 6. The Morgan fingerprint density at radius 3 is 2.43 bits per heavy atom. The molecule has 5 heteroatoms. The molecular weight excluding hydrogens is 376 g/mol. The first-order chi connectivity index (χ1) is 14.7. The van der Waals surface area contributed by atoms with Gasteiger partial charge < -0.3 is 9.64 Å². The van der Waals surface area contributed by atoms with Crippen LogP contribution in [0, 0.1) is 0 Å². The maximum atomic E-state index is 12.5. The highest BCUT2D eigenvalue weighted by Crippen LogP contribution is 2.25. The molecule has 30 heavy (non-hydrogen) atoms. The number of carbonyl (C=O) groups is 2. The van der Waals surface area contributed by atoms with Gasteiger partial charge in [-0.2, -0.15) is 0 Å². The third-order valence-electron chi connectivity index (χ3n) is 4.98. The second-order valence-corrected chi connectivity index (χ2v) is 7.06. The molecule has 0 N–H and O–H groups in total. The van der Waals surface area contributed by atoms with Crippen LogP contribution < -0.4 is 4.90 Å². The summed E-state index contributed by atoms with van der Waals surface area (Å²) in [7, 11) is 0. The fourth-order valence-electron chi connectivity index (χ4n) is 3.46. The van der Waals surface area contributed by atoms with Crippen LogP contribution in [0.1, 0.15) is 35.8 Å². The van der Waals surface area contributed by atoms with Gasteiger partial charge in [-0.1, -0.05) is 48.5 Å². The van der Waals surface area contributed by atoms with E-state index in [-0.39, 0.29) is 5.91 Å². The summed E-state index contributed by atoms with van der Waals surface area (Å²) in [5, 5.41) is 0. The zero-order valence-electron chi connectivity index (χ0n) is 16.5. The van der Waals surface area contributed by atoms with E-state index in [2.05, 4.69) is 4.98 Å². The molecular formula is C25H22N2O3. The van der Waals surface area contributed by atoms with Gasteiger partial charge in [0, 0.05) is 30.9 Å². The molecule has 4 rings (SSSR count). The van der Waals surface area contributed by atoms with Crippen LogP contribution in [-0.4, -0.2) is 23.4 Å². The third-order valence-corrected chi connectivity index (χ3v) is 4.98. The van der Waals surface area contributed by atoms with Crippen molar-refractivity contribution in [1.82, 2.24) is 4.98 Å². The Labute approximate surface area is 175 Å². The van der Waals surface area contributed by atoms with E-state index in [1.807, 2.05) is 72.8 Å². The molecule has 0 spiro atoms. The molecule has 2 heterocycles. The number of nitrogens with zero attached hydrogens (tertiary/aromatic N) is 2.